The van der Waals surface area contributed by atoms with E-state index in [1.807, 2.05) is 0 Å². The topological polar surface area (TPSA) is 103 Å². The van der Waals surface area contributed by atoms with Crippen molar-refractivity contribution in [3.63, 3.8) is 0 Å². The van der Waals surface area contributed by atoms with E-state index in [9.17, 15) is 18.0 Å². The molecule has 0 aliphatic rings. The van der Waals surface area contributed by atoms with Crippen molar-refractivity contribution in [3.8, 4) is 5.75 Å². The first-order chi connectivity index (χ1) is 15.5. The third kappa shape index (κ3) is 6.30. The molecule has 0 atom stereocenters. The lowest BCUT2D eigenvalue weighted by Gasteiger charge is -2.15. The second kappa shape index (κ2) is 10.0. The first-order valence-corrected chi connectivity index (χ1v) is 10.1. The number of guanidine groups is 1. The molecule has 0 saturated heterocycles. The van der Waals surface area contributed by atoms with E-state index in [4.69, 9.17) is 39.4 Å². The van der Waals surface area contributed by atoms with Crippen LogP contribution in [0.3, 0.4) is 0 Å². The number of alkyl halides is 3. The van der Waals surface area contributed by atoms with Crippen molar-refractivity contribution in [3.05, 3.63) is 87.4 Å². The van der Waals surface area contributed by atoms with Gasteiger partial charge in [-0.25, -0.2) is 4.99 Å². The van der Waals surface area contributed by atoms with Crippen LogP contribution in [0.1, 0.15) is 21.5 Å². The number of aliphatic imine (C=N–C) groups is 1. The summed E-state index contributed by atoms with van der Waals surface area (Å²) in [5.41, 5.74) is 10.7. The summed E-state index contributed by atoms with van der Waals surface area (Å²) in [5.74, 6) is -0.702. The predicted octanol–water partition coefficient (Wildman–Crippen LogP) is 5.75. The number of carbonyl (C=O) groups is 1. The van der Waals surface area contributed by atoms with E-state index < -0.39 is 24.3 Å². The number of ether oxygens (including phenoxy) is 1. The molecule has 3 aromatic rings. The molecule has 0 spiro atoms. The van der Waals surface area contributed by atoms with Gasteiger partial charge >= 0.3 is 6.18 Å². The van der Waals surface area contributed by atoms with Crippen molar-refractivity contribution in [2.75, 3.05) is 5.32 Å². The number of benzene rings is 3. The molecule has 0 bridgehead atoms. The van der Waals surface area contributed by atoms with Crippen LogP contribution >= 0.6 is 23.2 Å². The number of halogens is 5. The summed E-state index contributed by atoms with van der Waals surface area (Å²) in [4.78, 5) is 16.5. The van der Waals surface area contributed by atoms with Crippen molar-refractivity contribution in [1.29, 1.82) is 0 Å². The number of rotatable bonds is 6. The number of carbonyl (C=O) groups excluding carboxylic acids is 1. The van der Waals surface area contributed by atoms with Crippen LogP contribution in [-0.2, 0) is 12.8 Å². The minimum absolute atomic E-state index is 0.0623. The smallest absolute Gasteiger partial charge is 0.416 e. The normalized spacial score (nSPS) is 11.1. The van der Waals surface area contributed by atoms with Crippen LogP contribution in [0.5, 0.6) is 5.75 Å². The van der Waals surface area contributed by atoms with Gasteiger partial charge in [-0.2, -0.15) is 13.2 Å². The Hall–Kier alpha value is -3.43. The Labute approximate surface area is 197 Å². The van der Waals surface area contributed by atoms with Crippen LogP contribution in [-0.4, -0.2) is 11.9 Å². The largest absolute Gasteiger partial charge is 0.487 e. The molecule has 0 saturated carbocycles. The van der Waals surface area contributed by atoms with Gasteiger partial charge in [0.15, 0.2) is 5.96 Å². The summed E-state index contributed by atoms with van der Waals surface area (Å²) in [6.45, 7) is -0.410. The number of hydrogen-bond donors (Lipinski definition) is 3. The number of nitrogens with zero attached hydrogens (tertiary/aromatic N) is 1. The maximum Gasteiger partial charge on any atom is 0.416 e. The highest BCUT2D eigenvalue weighted by atomic mass is 35.5. The molecule has 0 radical (unpaired) electrons. The molecule has 0 aliphatic carbocycles. The van der Waals surface area contributed by atoms with Crippen LogP contribution in [0.25, 0.3) is 0 Å². The lowest BCUT2D eigenvalue weighted by Crippen LogP contribution is -2.22. The second-order valence-corrected chi connectivity index (χ2v) is 7.56. The molecular formula is C22H17Cl2F3N4O2. The van der Waals surface area contributed by atoms with Crippen LogP contribution in [0.2, 0.25) is 10.0 Å². The third-order valence-electron chi connectivity index (χ3n) is 4.35. The highest BCUT2D eigenvalue weighted by molar-refractivity contribution is 6.42. The predicted molar refractivity (Wildman–Crippen MR) is 122 cm³/mol. The van der Waals surface area contributed by atoms with Gasteiger partial charge in [0.25, 0.3) is 5.91 Å². The van der Waals surface area contributed by atoms with Gasteiger partial charge in [0.05, 0.1) is 15.6 Å². The molecule has 0 unspecified atom stereocenters. The fourth-order valence-electron chi connectivity index (χ4n) is 2.86. The van der Waals surface area contributed by atoms with E-state index >= 15 is 0 Å². The van der Waals surface area contributed by atoms with Gasteiger partial charge in [0, 0.05) is 22.9 Å². The zero-order valence-corrected chi connectivity index (χ0v) is 18.3. The molecule has 172 valence electrons. The third-order valence-corrected chi connectivity index (χ3v) is 5.09. The molecule has 0 aliphatic heterocycles. The average molecular weight is 497 g/mol. The summed E-state index contributed by atoms with van der Waals surface area (Å²) >= 11 is 11.8. The van der Waals surface area contributed by atoms with E-state index in [0.717, 1.165) is 6.07 Å². The number of hydrogen-bond acceptors (Lipinski definition) is 3. The van der Waals surface area contributed by atoms with E-state index in [-0.39, 0.29) is 33.5 Å². The maximum atomic E-state index is 13.3. The molecule has 0 heterocycles. The Morgan fingerprint density at radius 1 is 1.00 bits per heavy atom. The first-order valence-electron chi connectivity index (χ1n) is 9.32. The fraction of sp³-hybridized carbons (Fsp3) is 0.0909. The molecule has 5 N–H and O–H groups in total. The minimum atomic E-state index is -4.54. The zero-order chi connectivity index (χ0) is 24.2. The molecule has 3 aromatic carbocycles. The van der Waals surface area contributed by atoms with Crippen LogP contribution < -0.4 is 21.5 Å². The molecule has 11 heteroatoms. The van der Waals surface area contributed by atoms with Gasteiger partial charge in [0.2, 0.25) is 0 Å². The van der Waals surface area contributed by atoms with E-state index in [1.54, 1.807) is 0 Å². The maximum absolute atomic E-state index is 13.3. The van der Waals surface area contributed by atoms with Crippen LogP contribution in [0, 0.1) is 0 Å². The lowest BCUT2D eigenvalue weighted by molar-refractivity contribution is -0.138. The van der Waals surface area contributed by atoms with Crippen LogP contribution in [0.15, 0.2) is 65.7 Å². The van der Waals surface area contributed by atoms with Gasteiger partial charge in [-0.05, 0) is 36.4 Å². The zero-order valence-electron chi connectivity index (χ0n) is 16.8. The molecular weight excluding hydrogens is 480 g/mol. The van der Waals surface area contributed by atoms with Gasteiger partial charge in [-0.1, -0.05) is 41.4 Å². The Bertz CT molecular complexity index is 1210. The summed E-state index contributed by atoms with van der Waals surface area (Å²) in [5, 5.41) is 3.15. The monoisotopic (exact) mass is 496 g/mol. The molecule has 0 fully saturated rings. The van der Waals surface area contributed by atoms with E-state index in [0.29, 0.717) is 10.7 Å². The Morgan fingerprint density at radius 3 is 2.39 bits per heavy atom. The van der Waals surface area contributed by atoms with Gasteiger partial charge in [-0.3, -0.25) is 4.79 Å². The number of amides is 1. The average Bonchev–Trinajstić information content (AvgIpc) is 2.74. The molecule has 33 heavy (non-hydrogen) atoms. The van der Waals surface area contributed by atoms with Crippen molar-refractivity contribution in [2.45, 2.75) is 12.8 Å². The fourth-order valence-corrected chi connectivity index (χ4v) is 3.16. The Balaban J connectivity index is 1.87. The quantitative estimate of drug-likeness (QED) is 0.298. The highest BCUT2D eigenvalue weighted by Gasteiger charge is 2.33. The van der Waals surface area contributed by atoms with Crippen molar-refractivity contribution >= 4 is 46.4 Å². The molecule has 0 aromatic heterocycles. The van der Waals surface area contributed by atoms with Crippen molar-refractivity contribution < 1.29 is 22.7 Å². The van der Waals surface area contributed by atoms with E-state index in [2.05, 4.69) is 10.3 Å². The summed E-state index contributed by atoms with van der Waals surface area (Å²) in [6.07, 6.45) is -4.54. The number of anilines is 1. The number of nitrogens with one attached hydrogen (secondary N) is 1. The first kappa shape index (κ1) is 24.2. The number of nitrogens with two attached hydrogens (primary N) is 2. The Morgan fingerprint density at radius 2 is 1.73 bits per heavy atom. The highest BCUT2D eigenvalue weighted by Crippen LogP contribution is 2.35. The van der Waals surface area contributed by atoms with Gasteiger partial charge < -0.3 is 21.5 Å². The van der Waals surface area contributed by atoms with Crippen molar-refractivity contribution in [1.82, 2.24) is 0 Å². The van der Waals surface area contributed by atoms with Gasteiger partial charge in [0.1, 0.15) is 18.0 Å². The van der Waals surface area contributed by atoms with E-state index in [1.165, 1.54) is 54.6 Å². The molecule has 3 rings (SSSR count). The standard InChI is InChI=1S/C22H17Cl2F3N4O2/c23-16-7-5-12(9-17(16)24)20(32)30-14-6-8-18(31-21(28)29)19(10-14)33-11-13-3-1-2-4-15(13)22(25,26)27/h1-10H,11H2,(H,30,32)(H4,28,29,31). The summed E-state index contributed by atoms with van der Waals surface area (Å²) in [6, 6.07) is 13.8. The SMILES string of the molecule is NC(N)=Nc1ccc(NC(=O)c2ccc(Cl)c(Cl)c2)cc1OCc1ccccc1C(F)(F)F. The lowest BCUT2D eigenvalue weighted by atomic mass is 10.1. The Kier molecular flexibility index (Phi) is 7.35. The molecule has 1 amide bonds. The summed E-state index contributed by atoms with van der Waals surface area (Å²) in [7, 11) is 0. The minimum Gasteiger partial charge on any atom is -0.487 e. The van der Waals surface area contributed by atoms with Gasteiger partial charge in [-0.15, -0.1) is 0 Å². The van der Waals surface area contributed by atoms with Crippen LogP contribution in [0.4, 0.5) is 24.5 Å². The summed E-state index contributed by atoms with van der Waals surface area (Å²) < 4.78 is 45.4. The second-order valence-electron chi connectivity index (χ2n) is 6.75. The molecule has 6 nitrogen and oxygen atoms in total. The van der Waals surface area contributed by atoms with Crippen molar-refractivity contribution in [2.24, 2.45) is 16.5 Å².